The Morgan fingerprint density at radius 2 is 2.00 bits per heavy atom. The molecule has 0 atom stereocenters. The Bertz CT molecular complexity index is 581. The van der Waals surface area contributed by atoms with Crippen LogP contribution in [0.15, 0.2) is 24.3 Å². The SMILES string of the molecule is COc1ccccc1-c1nc(C(F)(F)F)c(CN)s1. The van der Waals surface area contributed by atoms with Gasteiger partial charge in [-0.3, -0.25) is 0 Å². The third kappa shape index (κ3) is 2.71. The van der Waals surface area contributed by atoms with Gasteiger partial charge in [-0.05, 0) is 12.1 Å². The summed E-state index contributed by atoms with van der Waals surface area (Å²) in [6.45, 7) is -0.193. The summed E-state index contributed by atoms with van der Waals surface area (Å²) < 4.78 is 43.5. The maximum absolute atomic E-state index is 12.8. The van der Waals surface area contributed by atoms with E-state index in [1.807, 2.05) is 0 Å². The smallest absolute Gasteiger partial charge is 0.434 e. The average molecular weight is 288 g/mol. The van der Waals surface area contributed by atoms with E-state index in [9.17, 15) is 13.2 Å². The number of alkyl halides is 3. The zero-order valence-corrected chi connectivity index (χ0v) is 10.8. The molecule has 1 aromatic heterocycles. The maximum atomic E-state index is 12.8. The lowest BCUT2D eigenvalue weighted by Crippen LogP contribution is -2.10. The van der Waals surface area contributed by atoms with Gasteiger partial charge in [0.25, 0.3) is 0 Å². The van der Waals surface area contributed by atoms with Crippen LogP contribution in [0.5, 0.6) is 5.75 Å². The molecule has 2 aromatic rings. The van der Waals surface area contributed by atoms with E-state index in [-0.39, 0.29) is 16.4 Å². The van der Waals surface area contributed by atoms with Gasteiger partial charge < -0.3 is 10.5 Å². The summed E-state index contributed by atoms with van der Waals surface area (Å²) in [5, 5.41) is 0.255. The first kappa shape index (κ1) is 13.8. The minimum atomic E-state index is -4.49. The lowest BCUT2D eigenvalue weighted by atomic mass is 10.2. The van der Waals surface area contributed by atoms with Gasteiger partial charge in [-0.2, -0.15) is 13.2 Å². The summed E-state index contributed by atoms with van der Waals surface area (Å²) in [4.78, 5) is 3.69. The Hall–Kier alpha value is -1.60. The number of halogens is 3. The number of hydrogen-bond acceptors (Lipinski definition) is 4. The highest BCUT2D eigenvalue weighted by Crippen LogP contribution is 2.39. The molecular weight excluding hydrogens is 277 g/mol. The highest BCUT2D eigenvalue weighted by molar-refractivity contribution is 7.15. The van der Waals surface area contributed by atoms with Crippen molar-refractivity contribution in [2.45, 2.75) is 12.7 Å². The number of nitrogens with two attached hydrogens (primary N) is 1. The molecular formula is C12H11F3N2OS. The van der Waals surface area contributed by atoms with E-state index in [2.05, 4.69) is 4.98 Å². The number of thiazole rings is 1. The van der Waals surface area contributed by atoms with Gasteiger partial charge in [0.05, 0.1) is 17.6 Å². The summed E-state index contributed by atoms with van der Waals surface area (Å²) in [7, 11) is 1.46. The van der Waals surface area contributed by atoms with Crippen LogP contribution in [0.4, 0.5) is 13.2 Å². The van der Waals surface area contributed by atoms with Crippen molar-refractivity contribution < 1.29 is 17.9 Å². The van der Waals surface area contributed by atoms with Crippen molar-refractivity contribution in [3.05, 3.63) is 34.8 Å². The fraction of sp³-hybridized carbons (Fsp3) is 0.250. The first-order valence-corrected chi connectivity index (χ1v) is 6.19. The van der Waals surface area contributed by atoms with E-state index in [1.54, 1.807) is 24.3 Å². The van der Waals surface area contributed by atoms with Crippen molar-refractivity contribution in [3.63, 3.8) is 0 Å². The summed E-state index contributed by atoms with van der Waals surface area (Å²) in [5.74, 6) is 0.480. The molecule has 0 bridgehead atoms. The summed E-state index contributed by atoms with van der Waals surface area (Å²) in [5.41, 5.74) is 4.96. The number of para-hydroxylation sites is 1. The molecule has 2 N–H and O–H groups in total. The maximum Gasteiger partial charge on any atom is 0.434 e. The van der Waals surface area contributed by atoms with Crippen LogP contribution >= 0.6 is 11.3 Å². The molecule has 0 saturated carbocycles. The Morgan fingerprint density at radius 3 is 2.53 bits per heavy atom. The predicted octanol–water partition coefficient (Wildman–Crippen LogP) is 3.30. The number of methoxy groups -OCH3 is 1. The number of aromatic nitrogens is 1. The van der Waals surface area contributed by atoms with E-state index >= 15 is 0 Å². The van der Waals surface area contributed by atoms with Crippen molar-refractivity contribution in [2.24, 2.45) is 5.73 Å². The summed E-state index contributed by atoms with van der Waals surface area (Å²) in [6.07, 6.45) is -4.49. The largest absolute Gasteiger partial charge is 0.496 e. The molecule has 0 amide bonds. The van der Waals surface area contributed by atoms with Crippen LogP contribution < -0.4 is 10.5 Å². The summed E-state index contributed by atoms with van der Waals surface area (Å²) >= 11 is 0.933. The van der Waals surface area contributed by atoms with Gasteiger partial charge in [-0.1, -0.05) is 12.1 Å². The van der Waals surface area contributed by atoms with Crippen LogP contribution in [0.3, 0.4) is 0 Å². The molecule has 0 spiro atoms. The minimum absolute atomic E-state index is 0.0217. The number of benzene rings is 1. The topological polar surface area (TPSA) is 48.1 Å². The van der Waals surface area contributed by atoms with Gasteiger partial charge in [-0.25, -0.2) is 4.98 Å². The number of ether oxygens (including phenoxy) is 1. The third-order valence-corrected chi connectivity index (χ3v) is 3.60. The Morgan fingerprint density at radius 1 is 1.32 bits per heavy atom. The van der Waals surface area contributed by atoms with Crippen molar-refractivity contribution in [1.29, 1.82) is 0 Å². The zero-order chi connectivity index (χ0) is 14.0. The molecule has 19 heavy (non-hydrogen) atoms. The molecule has 0 fully saturated rings. The summed E-state index contributed by atoms with van der Waals surface area (Å²) in [6, 6.07) is 6.79. The highest BCUT2D eigenvalue weighted by atomic mass is 32.1. The molecule has 2 rings (SSSR count). The van der Waals surface area contributed by atoms with Gasteiger partial charge >= 0.3 is 6.18 Å². The Balaban J connectivity index is 2.55. The van der Waals surface area contributed by atoms with Gasteiger partial charge in [0.2, 0.25) is 0 Å². The van der Waals surface area contributed by atoms with Crippen LogP contribution in [0, 0.1) is 0 Å². The Kier molecular flexibility index (Phi) is 3.77. The van der Waals surface area contributed by atoms with Gasteiger partial charge in [0, 0.05) is 6.54 Å². The fourth-order valence-corrected chi connectivity index (χ4v) is 2.64. The number of hydrogen-bond donors (Lipinski definition) is 1. The second-order valence-corrected chi connectivity index (χ2v) is 4.78. The molecule has 0 aliphatic heterocycles. The second-order valence-electron chi connectivity index (χ2n) is 3.69. The van der Waals surface area contributed by atoms with Crippen LogP contribution in [0.1, 0.15) is 10.6 Å². The first-order valence-electron chi connectivity index (χ1n) is 5.37. The molecule has 7 heteroatoms. The van der Waals surface area contributed by atoms with Crippen molar-refractivity contribution in [2.75, 3.05) is 7.11 Å². The van der Waals surface area contributed by atoms with Crippen LogP contribution in [0.25, 0.3) is 10.6 Å². The second kappa shape index (κ2) is 5.18. The van der Waals surface area contributed by atoms with Crippen molar-refractivity contribution in [3.8, 4) is 16.3 Å². The normalized spacial score (nSPS) is 11.6. The first-order chi connectivity index (χ1) is 8.97. The standard InChI is InChI=1S/C12H11F3N2OS/c1-18-8-5-3-2-4-7(8)11-17-10(12(13,14)15)9(6-16)19-11/h2-5H,6,16H2,1H3. The molecule has 0 radical (unpaired) electrons. The van der Waals surface area contributed by atoms with E-state index in [0.29, 0.717) is 11.3 Å². The van der Waals surface area contributed by atoms with Crippen molar-refractivity contribution >= 4 is 11.3 Å². The molecule has 1 heterocycles. The molecule has 0 unspecified atom stereocenters. The van der Waals surface area contributed by atoms with Crippen LogP contribution in [0.2, 0.25) is 0 Å². The molecule has 0 aliphatic carbocycles. The lowest BCUT2D eigenvalue weighted by molar-refractivity contribution is -0.141. The fourth-order valence-electron chi connectivity index (χ4n) is 1.65. The van der Waals surface area contributed by atoms with Crippen LogP contribution in [-0.2, 0) is 12.7 Å². The van der Waals surface area contributed by atoms with E-state index < -0.39 is 11.9 Å². The molecule has 0 saturated heterocycles. The Labute approximate surface area is 111 Å². The molecule has 0 aliphatic rings. The zero-order valence-electron chi connectivity index (χ0n) is 9.99. The number of nitrogens with zero attached hydrogens (tertiary/aromatic N) is 1. The highest BCUT2D eigenvalue weighted by Gasteiger charge is 2.37. The van der Waals surface area contributed by atoms with Crippen LogP contribution in [-0.4, -0.2) is 12.1 Å². The quantitative estimate of drug-likeness (QED) is 0.942. The predicted molar refractivity (Wildman–Crippen MR) is 67.0 cm³/mol. The monoisotopic (exact) mass is 288 g/mol. The third-order valence-electron chi connectivity index (χ3n) is 2.49. The number of rotatable bonds is 3. The minimum Gasteiger partial charge on any atom is -0.496 e. The molecule has 102 valence electrons. The van der Waals surface area contributed by atoms with Gasteiger partial charge in [0.1, 0.15) is 10.8 Å². The molecule has 3 nitrogen and oxygen atoms in total. The van der Waals surface area contributed by atoms with E-state index in [1.165, 1.54) is 7.11 Å². The van der Waals surface area contributed by atoms with E-state index in [0.717, 1.165) is 11.3 Å². The average Bonchev–Trinajstić information content (AvgIpc) is 2.82. The van der Waals surface area contributed by atoms with Gasteiger partial charge in [-0.15, -0.1) is 11.3 Å². The van der Waals surface area contributed by atoms with Crippen molar-refractivity contribution in [1.82, 2.24) is 4.98 Å². The lowest BCUT2D eigenvalue weighted by Gasteiger charge is -2.05. The van der Waals surface area contributed by atoms with Gasteiger partial charge in [0.15, 0.2) is 5.69 Å². The van der Waals surface area contributed by atoms with E-state index in [4.69, 9.17) is 10.5 Å². The molecule has 1 aromatic carbocycles.